The fourth-order valence-corrected chi connectivity index (χ4v) is 4.30. The van der Waals surface area contributed by atoms with Gasteiger partial charge in [0.15, 0.2) is 0 Å². The van der Waals surface area contributed by atoms with Crippen LogP contribution in [0.15, 0.2) is 40.8 Å². The summed E-state index contributed by atoms with van der Waals surface area (Å²) in [5.74, 6) is 1.26. The van der Waals surface area contributed by atoms with E-state index in [0.717, 1.165) is 17.7 Å². The topological polar surface area (TPSA) is 91.8 Å². The maximum Gasteiger partial charge on any atom is 0.257 e. The number of aromatic amines is 1. The molecule has 8 heteroatoms. The molecule has 7 nitrogen and oxygen atoms in total. The highest BCUT2D eigenvalue weighted by Gasteiger charge is 2.28. The first-order valence-corrected chi connectivity index (χ1v) is 11.0. The molecule has 1 aliphatic heterocycles. The largest absolute Gasteiger partial charge is 0.338 e. The Bertz CT molecular complexity index is 1080. The number of nitrogens with zero attached hydrogens (tertiary/aromatic N) is 4. The summed E-state index contributed by atoms with van der Waals surface area (Å²) in [4.78, 5) is 44.3. The van der Waals surface area contributed by atoms with Gasteiger partial charge in [-0.1, -0.05) is 26.8 Å². The zero-order chi connectivity index (χ0) is 21.3. The molecule has 1 N–H and O–H groups in total. The van der Waals surface area contributed by atoms with Gasteiger partial charge < -0.3 is 9.88 Å². The Balaban J connectivity index is 1.54. The quantitative estimate of drug-likeness (QED) is 0.695. The molecular weight excluding hydrogens is 398 g/mol. The molecule has 3 aromatic rings. The zero-order valence-electron chi connectivity index (χ0n) is 17.4. The first kappa shape index (κ1) is 20.4. The van der Waals surface area contributed by atoms with Crippen LogP contribution in [0, 0.1) is 0 Å². The molecule has 0 radical (unpaired) electrons. The number of piperidine rings is 1. The van der Waals surface area contributed by atoms with E-state index in [1.54, 1.807) is 28.6 Å². The number of carbonyl (C=O) groups excluding carboxylic acids is 1. The number of H-pyrrole nitrogens is 1. The zero-order valence-corrected chi connectivity index (χ0v) is 18.2. The van der Waals surface area contributed by atoms with E-state index < -0.39 is 0 Å². The maximum atomic E-state index is 13.0. The Morgan fingerprint density at radius 3 is 2.70 bits per heavy atom. The first-order valence-electron chi connectivity index (χ1n) is 10.1. The molecule has 0 saturated carbocycles. The number of nitrogens with one attached hydrogen (secondary N) is 1. The second-order valence-electron chi connectivity index (χ2n) is 8.63. The van der Waals surface area contributed by atoms with Gasteiger partial charge in [-0.25, -0.2) is 15.0 Å². The predicted molar refractivity (Wildman–Crippen MR) is 117 cm³/mol. The second kappa shape index (κ2) is 8.10. The van der Waals surface area contributed by atoms with Gasteiger partial charge in [0.1, 0.15) is 11.6 Å². The van der Waals surface area contributed by atoms with Gasteiger partial charge in [-0.3, -0.25) is 9.59 Å². The summed E-state index contributed by atoms with van der Waals surface area (Å²) < 4.78 is 0. The van der Waals surface area contributed by atoms with E-state index in [9.17, 15) is 9.59 Å². The van der Waals surface area contributed by atoms with Crippen molar-refractivity contribution in [1.82, 2.24) is 24.8 Å². The monoisotopic (exact) mass is 423 g/mol. The molecule has 4 heterocycles. The highest BCUT2D eigenvalue weighted by Crippen LogP contribution is 2.28. The Hall–Kier alpha value is -2.87. The number of amides is 1. The van der Waals surface area contributed by atoms with Crippen LogP contribution in [0.3, 0.4) is 0 Å². The summed E-state index contributed by atoms with van der Waals surface area (Å²) in [6.45, 7) is 7.30. The number of hydrogen-bond donors (Lipinski definition) is 1. The minimum absolute atomic E-state index is 0.00919. The Labute approximate surface area is 179 Å². The van der Waals surface area contributed by atoms with Crippen molar-refractivity contribution in [2.45, 2.75) is 44.9 Å². The highest BCUT2D eigenvalue weighted by atomic mass is 32.1. The molecule has 1 unspecified atom stereocenters. The molecule has 0 aromatic carbocycles. The Kier molecular flexibility index (Phi) is 5.51. The molecule has 3 aromatic heterocycles. The van der Waals surface area contributed by atoms with Gasteiger partial charge in [0.05, 0.1) is 16.1 Å². The van der Waals surface area contributed by atoms with Crippen LogP contribution >= 0.6 is 11.3 Å². The van der Waals surface area contributed by atoms with E-state index in [1.807, 2.05) is 38.3 Å². The van der Waals surface area contributed by atoms with Crippen LogP contribution in [0.1, 0.15) is 61.5 Å². The molecule has 0 bridgehead atoms. The lowest BCUT2D eigenvalue weighted by molar-refractivity contribution is 0.0703. The molecule has 1 aliphatic rings. The van der Waals surface area contributed by atoms with Crippen molar-refractivity contribution < 1.29 is 4.79 Å². The number of aromatic nitrogens is 4. The predicted octanol–water partition coefficient (Wildman–Crippen LogP) is 3.61. The lowest BCUT2D eigenvalue weighted by atomic mass is 9.95. The third kappa shape index (κ3) is 4.33. The molecule has 1 atom stereocenters. The summed E-state index contributed by atoms with van der Waals surface area (Å²) in [5, 5.41) is 1.96. The number of carbonyl (C=O) groups is 1. The summed E-state index contributed by atoms with van der Waals surface area (Å²) in [7, 11) is 0. The molecule has 1 saturated heterocycles. The van der Waals surface area contributed by atoms with Crippen LogP contribution < -0.4 is 5.56 Å². The molecule has 4 rings (SSSR count). The second-order valence-corrected chi connectivity index (χ2v) is 9.58. The Morgan fingerprint density at radius 2 is 2.03 bits per heavy atom. The van der Waals surface area contributed by atoms with Crippen molar-refractivity contribution in [3.8, 4) is 10.6 Å². The lowest BCUT2D eigenvalue weighted by Crippen LogP contribution is -2.40. The van der Waals surface area contributed by atoms with Crippen LogP contribution in [0.2, 0.25) is 0 Å². The minimum atomic E-state index is -0.169. The van der Waals surface area contributed by atoms with E-state index in [2.05, 4.69) is 15.0 Å². The minimum Gasteiger partial charge on any atom is -0.338 e. The molecule has 156 valence electrons. The molecule has 30 heavy (non-hydrogen) atoms. The van der Waals surface area contributed by atoms with Gasteiger partial charge in [-0.2, -0.15) is 0 Å². The summed E-state index contributed by atoms with van der Waals surface area (Å²) in [6, 6.07) is 5.42. The molecule has 0 aliphatic carbocycles. The van der Waals surface area contributed by atoms with Gasteiger partial charge >= 0.3 is 0 Å². The average molecular weight is 424 g/mol. The SMILES string of the molecule is CC(C)(C)c1ncc(C(=O)N2CCCC(c3nc(-c4cccs4)cc(=O)[nH]3)C2)cn1. The number of hydrogen-bond acceptors (Lipinski definition) is 6. The standard InChI is InChI=1S/C22H25N5O2S/c1-22(2,3)21-23-11-15(12-24-21)20(29)27-8-4-6-14(13-27)19-25-16(10-18(28)26-19)17-7-5-9-30-17/h5,7,9-12,14H,4,6,8,13H2,1-3H3,(H,25,26,28). The van der Waals surface area contributed by atoms with E-state index in [1.165, 1.54) is 6.07 Å². The van der Waals surface area contributed by atoms with Gasteiger partial charge in [0, 0.05) is 42.9 Å². The number of thiophene rings is 1. The average Bonchev–Trinajstić information content (AvgIpc) is 3.27. The van der Waals surface area contributed by atoms with Crippen molar-refractivity contribution >= 4 is 17.2 Å². The van der Waals surface area contributed by atoms with Gasteiger partial charge in [0.25, 0.3) is 11.5 Å². The third-order valence-electron chi connectivity index (χ3n) is 5.20. The van der Waals surface area contributed by atoms with Gasteiger partial charge in [-0.05, 0) is 24.3 Å². The number of likely N-dealkylation sites (tertiary alicyclic amines) is 1. The van der Waals surface area contributed by atoms with Crippen LogP contribution in [0.4, 0.5) is 0 Å². The summed E-state index contributed by atoms with van der Waals surface area (Å²) in [6.07, 6.45) is 4.94. The van der Waals surface area contributed by atoms with Crippen LogP contribution in [-0.2, 0) is 5.41 Å². The Morgan fingerprint density at radius 1 is 1.27 bits per heavy atom. The third-order valence-corrected chi connectivity index (χ3v) is 6.09. The van der Waals surface area contributed by atoms with Crippen molar-refractivity contribution in [3.63, 3.8) is 0 Å². The molecule has 1 fully saturated rings. The van der Waals surface area contributed by atoms with Crippen molar-refractivity contribution in [2.24, 2.45) is 0 Å². The normalized spacial score (nSPS) is 17.2. The van der Waals surface area contributed by atoms with E-state index in [4.69, 9.17) is 4.98 Å². The van der Waals surface area contributed by atoms with E-state index in [0.29, 0.717) is 36.0 Å². The van der Waals surface area contributed by atoms with Gasteiger partial charge in [0.2, 0.25) is 0 Å². The highest BCUT2D eigenvalue weighted by molar-refractivity contribution is 7.13. The fourth-order valence-electron chi connectivity index (χ4n) is 3.61. The van der Waals surface area contributed by atoms with Gasteiger partial charge in [-0.15, -0.1) is 11.3 Å². The van der Waals surface area contributed by atoms with Crippen LogP contribution in [-0.4, -0.2) is 43.8 Å². The maximum absolute atomic E-state index is 13.0. The van der Waals surface area contributed by atoms with Crippen molar-refractivity contribution in [2.75, 3.05) is 13.1 Å². The lowest BCUT2D eigenvalue weighted by Gasteiger charge is -2.32. The fraction of sp³-hybridized carbons (Fsp3) is 0.409. The molecular formula is C22H25N5O2S. The van der Waals surface area contributed by atoms with Crippen LogP contribution in [0.25, 0.3) is 10.6 Å². The summed E-state index contributed by atoms with van der Waals surface area (Å²) >= 11 is 1.55. The smallest absolute Gasteiger partial charge is 0.257 e. The summed E-state index contributed by atoms with van der Waals surface area (Å²) in [5.41, 5.74) is 0.831. The van der Waals surface area contributed by atoms with Crippen molar-refractivity contribution in [1.29, 1.82) is 0 Å². The number of rotatable bonds is 3. The van der Waals surface area contributed by atoms with Crippen LogP contribution in [0.5, 0.6) is 0 Å². The molecule has 0 spiro atoms. The van der Waals surface area contributed by atoms with Crippen molar-refractivity contribution in [3.05, 3.63) is 63.5 Å². The van der Waals surface area contributed by atoms with E-state index >= 15 is 0 Å². The first-order chi connectivity index (χ1) is 14.3. The van der Waals surface area contributed by atoms with E-state index in [-0.39, 0.29) is 22.8 Å². The molecule has 1 amide bonds.